The van der Waals surface area contributed by atoms with E-state index in [9.17, 15) is 9.90 Å². The van der Waals surface area contributed by atoms with Crippen molar-refractivity contribution in [2.45, 2.75) is 58.8 Å². The number of ether oxygens (including phenoxy) is 1. The topological polar surface area (TPSA) is 49.4 Å². The average Bonchev–Trinajstić information content (AvgIpc) is 2.20. The maximum absolute atomic E-state index is 10.1. The Hall–Kier alpha value is 0.430. The summed E-state index contributed by atoms with van der Waals surface area (Å²) >= 11 is 0. The zero-order chi connectivity index (χ0) is 12.2. The summed E-state index contributed by atoms with van der Waals surface area (Å²) in [6, 6.07) is 0. The smallest absolute Gasteiger partial charge is 0.550 e. The van der Waals surface area contributed by atoms with E-state index in [1.165, 1.54) is 32.1 Å². The quantitative estimate of drug-likeness (QED) is 0.355. The number of carboxylic acids is 1. The van der Waals surface area contributed by atoms with Gasteiger partial charge in [-0.05, 0) is 12.3 Å². The van der Waals surface area contributed by atoms with Crippen LogP contribution in [0.15, 0.2) is 0 Å². The molecule has 0 amide bonds. The second kappa shape index (κ2) is 14.5. The van der Waals surface area contributed by atoms with Crippen LogP contribution in [0.4, 0.5) is 0 Å². The number of carbonyl (C=O) groups is 1. The Morgan fingerprint density at radius 2 is 1.65 bits per heavy atom. The Morgan fingerprint density at radius 1 is 1.06 bits per heavy atom. The van der Waals surface area contributed by atoms with E-state index in [4.69, 9.17) is 4.74 Å². The third kappa shape index (κ3) is 19.0. The minimum atomic E-state index is -1.03. The van der Waals surface area contributed by atoms with Gasteiger partial charge in [0.1, 0.15) is 0 Å². The third-order valence-electron chi connectivity index (χ3n) is 2.52. The molecule has 0 atom stereocenters. The third-order valence-corrected chi connectivity index (χ3v) is 2.52. The first kappa shape index (κ1) is 19.8. The second-order valence-corrected chi connectivity index (χ2v) is 4.68. The first-order chi connectivity index (χ1) is 7.63. The van der Waals surface area contributed by atoms with Crippen LogP contribution in [0, 0.1) is 5.92 Å². The Kier molecular flexibility index (Phi) is 16.8. The van der Waals surface area contributed by atoms with Crippen molar-refractivity contribution >= 4 is 5.97 Å². The first-order valence-corrected chi connectivity index (χ1v) is 6.40. The van der Waals surface area contributed by atoms with Crippen LogP contribution in [-0.2, 0) is 9.53 Å². The summed E-state index contributed by atoms with van der Waals surface area (Å²) in [5.74, 6) is -0.221. The number of carboxylic acid groups (broad SMARTS) is 1. The van der Waals surface area contributed by atoms with Crippen LogP contribution >= 0.6 is 0 Å². The number of hydrogen-bond donors (Lipinski definition) is 0. The fourth-order valence-corrected chi connectivity index (χ4v) is 1.54. The Balaban J connectivity index is 0. The summed E-state index contributed by atoms with van der Waals surface area (Å²) in [5.41, 5.74) is 0. The van der Waals surface area contributed by atoms with Crippen molar-refractivity contribution < 1.29 is 44.2 Å². The van der Waals surface area contributed by atoms with E-state index < -0.39 is 5.97 Å². The molecule has 0 saturated heterocycles. The molecule has 0 spiro atoms. The van der Waals surface area contributed by atoms with Crippen LogP contribution in [0.25, 0.3) is 0 Å². The molecular formula is C13H25NaO3. The molecule has 0 rings (SSSR count). The zero-order valence-electron chi connectivity index (χ0n) is 11.7. The Bertz CT molecular complexity index is 172. The summed E-state index contributed by atoms with van der Waals surface area (Å²) in [5, 5.41) is 10.1. The molecule has 0 bridgehead atoms. The molecule has 4 heteroatoms. The molecule has 17 heavy (non-hydrogen) atoms. The van der Waals surface area contributed by atoms with Crippen molar-refractivity contribution in [3.63, 3.8) is 0 Å². The van der Waals surface area contributed by atoms with Gasteiger partial charge in [-0.3, -0.25) is 0 Å². The van der Waals surface area contributed by atoms with Crippen LogP contribution in [0.5, 0.6) is 0 Å². The van der Waals surface area contributed by atoms with E-state index in [-0.39, 0.29) is 42.6 Å². The summed E-state index contributed by atoms with van der Waals surface area (Å²) in [4.78, 5) is 10.1. The Labute approximate surface area is 128 Å². The zero-order valence-corrected chi connectivity index (χ0v) is 13.7. The maximum Gasteiger partial charge on any atom is 1.00 e. The molecule has 0 fully saturated rings. The van der Waals surface area contributed by atoms with Crippen molar-refractivity contribution in [3.8, 4) is 0 Å². The predicted molar refractivity (Wildman–Crippen MR) is 63.0 cm³/mol. The van der Waals surface area contributed by atoms with Crippen molar-refractivity contribution in [1.29, 1.82) is 0 Å². The number of hydrogen-bond acceptors (Lipinski definition) is 3. The van der Waals surface area contributed by atoms with E-state index >= 15 is 0 Å². The monoisotopic (exact) mass is 252 g/mol. The SMILES string of the molecule is CC(C)CCCCCCCOCCC(=O)[O-].[Na+]. The molecule has 0 heterocycles. The minimum absolute atomic E-state index is 0. The van der Waals surface area contributed by atoms with Gasteiger partial charge < -0.3 is 14.6 Å². The van der Waals surface area contributed by atoms with Crippen molar-refractivity contribution in [2.75, 3.05) is 13.2 Å². The number of aliphatic carboxylic acids is 1. The molecule has 0 radical (unpaired) electrons. The molecule has 0 saturated carbocycles. The van der Waals surface area contributed by atoms with Gasteiger partial charge in [0.15, 0.2) is 0 Å². The van der Waals surface area contributed by atoms with E-state index in [1.54, 1.807) is 0 Å². The standard InChI is InChI=1S/C13H26O3.Na/c1-12(2)8-6-4-3-5-7-10-16-11-9-13(14)15;/h12H,3-11H2,1-2H3,(H,14,15);/q;+1/p-1. The number of carbonyl (C=O) groups excluding carboxylic acids is 1. The van der Waals surface area contributed by atoms with Crippen LogP contribution in [0.1, 0.15) is 58.8 Å². The summed E-state index contributed by atoms with van der Waals surface area (Å²) < 4.78 is 5.17. The van der Waals surface area contributed by atoms with Crippen molar-refractivity contribution in [1.82, 2.24) is 0 Å². The summed E-state index contributed by atoms with van der Waals surface area (Å²) in [6.45, 7) is 5.48. The van der Waals surface area contributed by atoms with Crippen LogP contribution in [0.3, 0.4) is 0 Å². The molecule has 0 unspecified atom stereocenters. The van der Waals surface area contributed by atoms with Crippen LogP contribution in [0.2, 0.25) is 0 Å². The second-order valence-electron chi connectivity index (χ2n) is 4.68. The average molecular weight is 252 g/mol. The van der Waals surface area contributed by atoms with Crippen LogP contribution < -0.4 is 34.7 Å². The molecule has 0 N–H and O–H groups in total. The largest absolute Gasteiger partial charge is 1.00 e. The molecule has 0 aliphatic rings. The van der Waals surface area contributed by atoms with Gasteiger partial charge in [0.2, 0.25) is 0 Å². The molecular weight excluding hydrogens is 227 g/mol. The van der Waals surface area contributed by atoms with Gasteiger partial charge in [0.05, 0.1) is 6.61 Å². The maximum atomic E-state index is 10.1. The molecule has 0 aromatic heterocycles. The fourth-order valence-electron chi connectivity index (χ4n) is 1.54. The van der Waals surface area contributed by atoms with Gasteiger partial charge in [0.25, 0.3) is 0 Å². The van der Waals surface area contributed by atoms with Gasteiger partial charge in [-0.2, -0.15) is 0 Å². The van der Waals surface area contributed by atoms with Crippen LogP contribution in [-0.4, -0.2) is 19.2 Å². The molecule has 0 aromatic carbocycles. The number of unbranched alkanes of at least 4 members (excludes halogenated alkanes) is 4. The van der Waals surface area contributed by atoms with E-state index in [1.807, 2.05) is 0 Å². The summed E-state index contributed by atoms with van der Waals surface area (Å²) in [6.07, 6.45) is 7.44. The van der Waals surface area contributed by atoms with E-state index in [0.717, 1.165) is 12.3 Å². The molecule has 96 valence electrons. The van der Waals surface area contributed by atoms with Gasteiger partial charge in [-0.15, -0.1) is 0 Å². The predicted octanol–water partition coefficient (Wildman–Crippen LogP) is -0.856. The van der Waals surface area contributed by atoms with E-state index in [2.05, 4.69) is 13.8 Å². The minimum Gasteiger partial charge on any atom is -0.550 e. The van der Waals surface area contributed by atoms with Gasteiger partial charge in [-0.1, -0.05) is 46.0 Å². The molecule has 0 aromatic rings. The van der Waals surface area contributed by atoms with Gasteiger partial charge in [0, 0.05) is 19.0 Å². The molecule has 3 nitrogen and oxygen atoms in total. The molecule has 0 aliphatic heterocycles. The van der Waals surface area contributed by atoms with Gasteiger partial charge in [-0.25, -0.2) is 0 Å². The number of rotatable bonds is 11. The molecule has 0 aliphatic carbocycles. The first-order valence-electron chi connectivity index (χ1n) is 6.40. The summed E-state index contributed by atoms with van der Waals surface area (Å²) in [7, 11) is 0. The van der Waals surface area contributed by atoms with Crippen molar-refractivity contribution in [3.05, 3.63) is 0 Å². The normalized spacial score (nSPS) is 10.3. The van der Waals surface area contributed by atoms with E-state index in [0.29, 0.717) is 6.61 Å². The van der Waals surface area contributed by atoms with Gasteiger partial charge >= 0.3 is 29.6 Å². The van der Waals surface area contributed by atoms with Crippen molar-refractivity contribution in [2.24, 2.45) is 5.92 Å². The Morgan fingerprint density at radius 3 is 2.24 bits per heavy atom. The fraction of sp³-hybridized carbons (Fsp3) is 0.923.